The highest BCUT2D eigenvalue weighted by Gasteiger charge is 2.16. The molecule has 19 heavy (non-hydrogen) atoms. The quantitative estimate of drug-likeness (QED) is 0.875. The fourth-order valence-electron chi connectivity index (χ4n) is 2.34. The largest absolute Gasteiger partial charge is 0.354 e. The van der Waals surface area contributed by atoms with Crippen LogP contribution in [0.5, 0.6) is 0 Å². The van der Waals surface area contributed by atoms with E-state index in [0.29, 0.717) is 6.04 Å². The molecule has 1 aliphatic rings. The highest BCUT2D eigenvalue weighted by Crippen LogP contribution is 2.14. The second kappa shape index (κ2) is 6.87. The lowest BCUT2D eigenvalue weighted by Crippen LogP contribution is -2.46. The molecule has 4 nitrogen and oxygen atoms in total. The van der Waals surface area contributed by atoms with E-state index < -0.39 is 0 Å². The Hall–Kier alpha value is -1.13. The van der Waals surface area contributed by atoms with Crippen LogP contribution in [-0.4, -0.2) is 48.6 Å². The molecule has 0 aromatic carbocycles. The molecule has 1 aromatic heterocycles. The highest BCUT2D eigenvalue weighted by molar-refractivity contribution is 5.39. The first kappa shape index (κ1) is 14.3. The van der Waals surface area contributed by atoms with Crippen molar-refractivity contribution in [2.24, 2.45) is 0 Å². The van der Waals surface area contributed by atoms with Gasteiger partial charge in [-0.05, 0) is 18.7 Å². The predicted molar refractivity (Wildman–Crippen MR) is 80.5 cm³/mol. The molecule has 0 amide bonds. The summed E-state index contributed by atoms with van der Waals surface area (Å²) in [6.45, 7) is 13.0. The van der Waals surface area contributed by atoms with Crippen LogP contribution >= 0.6 is 0 Å². The monoisotopic (exact) mass is 262 g/mol. The molecule has 1 saturated heterocycles. The van der Waals surface area contributed by atoms with E-state index in [-0.39, 0.29) is 0 Å². The zero-order valence-corrected chi connectivity index (χ0v) is 12.4. The summed E-state index contributed by atoms with van der Waals surface area (Å²) in [4.78, 5) is 9.64. The van der Waals surface area contributed by atoms with Crippen molar-refractivity contribution in [3.63, 3.8) is 0 Å². The first-order valence-corrected chi connectivity index (χ1v) is 7.35. The van der Waals surface area contributed by atoms with E-state index in [2.05, 4.69) is 54.1 Å². The first-order valence-electron chi connectivity index (χ1n) is 7.35. The van der Waals surface area contributed by atoms with Crippen molar-refractivity contribution in [2.75, 3.05) is 37.6 Å². The maximum atomic E-state index is 4.76. The number of pyridine rings is 1. The fraction of sp³-hybridized carbons (Fsp3) is 0.667. The van der Waals surface area contributed by atoms with Crippen LogP contribution < -0.4 is 10.2 Å². The van der Waals surface area contributed by atoms with Gasteiger partial charge in [0.2, 0.25) is 0 Å². The van der Waals surface area contributed by atoms with Gasteiger partial charge in [-0.1, -0.05) is 26.8 Å². The van der Waals surface area contributed by atoms with Gasteiger partial charge >= 0.3 is 0 Å². The number of nitrogens with one attached hydrogen (secondary N) is 1. The maximum Gasteiger partial charge on any atom is 0.128 e. The van der Waals surface area contributed by atoms with Gasteiger partial charge < -0.3 is 15.1 Å². The Morgan fingerprint density at radius 3 is 2.58 bits per heavy atom. The van der Waals surface area contributed by atoms with Gasteiger partial charge in [0, 0.05) is 38.8 Å². The molecule has 0 aliphatic carbocycles. The average Bonchev–Trinajstić information content (AvgIpc) is 2.45. The van der Waals surface area contributed by atoms with Gasteiger partial charge in [-0.2, -0.15) is 0 Å². The van der Waals surface area contributed by atoms with Crippen LogP contribution in [0.4, 0.5) is 5.82 Å². The zero-order chi connectivity index (χ0) is 13.7. The van der Waals surface area contributed by atoms with Gasteiger partial charge in [0.05, 0.1) is 5.69 Å². The van der Waals surface area contributed by atoms with Crippen LogP contribution in [0.1, 0.15) is 26.5 Å². The summed E-state index contributed by atoms with van der Waals surface area (Å²) in [7, 11) is 0. The van der Waals surface area contributed by atoms with Gasteiger partial charge in [0.15, 0.2) is 0 Å². The number of hydrogen-bond acceptors (Lipinski definition) is 4. The molecule has 2 rings (SSSR count). The Kier molecular flexibility index (Phi) is 5.16. The van der Waals surface area contributed by atoms with Gasteiger partial charge in [0.1, 0.15) is 5.82 Å². The van der Waals surface area contributed by atoms with Crippen molar-refractivity contribution < 1.29 is 0 Å². The van der Waals surface area contributed by atoms with Gasteiger partial charge in [0.25, 0.3) is 0 Å². The molecule has 1 N–H and O–H groups in total. The van der Waals surface area contributed by atoms with Crippen molar-refractivity contribution in [1.82, 2.24) is 15.2 Å². The molecular weight excluding hydrogens is 236 g/mol. The van der Waals surface area contributed by atoms with Crippen LogP contribution in [0.2, 0.25) is 0 Å². The Balaban J connectivity index is 1.95. The molecule has 106 valence electrons. The van der Waals surface area contributed by atoms with E-state index in [9.17, 15) is 0 Å². The summed E-state index contributed by atoms with van der Waals surface area (Å²) in [6, 6.07) is 6.84. The molecule has 1 aromatic rings. The van der Waals surface area contributed by atoms with E-state index in [1.54, 1.807) is 0 Å². The van der Waals surface area contributed by atoms with Crippen molar-refractivity contribution >= 4 is 5.82 Å². The second-order valence-corrected chi connectivity index (χ2v) is 5.44. The highest BCUT2D eigenvalue weighted by atomic mass is 15.3. The minimum Gasteiger partial charge on any atom is -0.354 e. The SMILES string of the molecule is CCN1CCN(c2cccc(CNC(C)C)n2)CC1. The molecule has 0 unspecified atom stereocenters. The molecule has 1 fully saturated rings. The summed E-state index contributed by atoms with van der Waals surface area (Å²) in [5.74, 6) is 1.12. The second-order valence-electron chi connectivity index (χ2n) is 5.44. The number of anilines is 1. The molecule has 0 atom stereocenters. The fourth-order valence-corrected chi connectivity index (χ4v) is 2.34. The number of aromatic nitrogens is 1. The lowest BCUT2D eigenvalue weighted by Gasteiger charge is -2.34. The summed E-state index contributed by atoms with van der Waals surface area (Å²) in [5, 5.41) is 3.42. The molecule has 0 spiro atoms. The average molecular weight is 262 g/mol. The third-order valence-electron chi connectivity index (χ3n) is 3.63. The number of likely N-dealkylation sites (N-methyl/N-ethyl adjacent to an activating group) is 1. The minimum atomic E-state index is 0.499. The van der Waals surface area contributed by atoms with E-state index in [0.717, 1.165) is 50.8 Å². The van der Waals surface area contributed by atoms with Crippen molar-refractivity contribution in [1.29, 1.82) is 0 Å². The lowest BCUT2D eigenvalue weighted by atomic mass is 10.2. The third-order valence-corrected chi connectivity index (χ3v) is 3.63. The summed E-state index contributed by atoms with van der Waals surface area (Å²) in [6.07, 6.45) is 0. The van der Waals surface area contributed by atoms with Crippen molar-refractivity contribution in [3.8, 4) is 0 Å². The van der Waals surface area contributed by atoms with Crippen molar-refractivity contribution in [3.05, 3.63) is 23.9 Å². The smallest absolute Gasteiger partial charge is 0.128 e. The normalized spacial score (nSPS) is 17.2. The molecule has 1 aliphatic heterocycles. The molecule has 2 heterocycles. The van der Waals surface area contributed by atoms with E-state index in [4.69, 9.17) is 4.98 Å². The van der Waals surface area contributed by atoms with Crippen LogP contribution in [0.3, 0.4) is 0 Å². The molecule has 0 radical (unpaired) electrons. The Labute approximate surface area is 116 Å². The molecule has 0 bridgehead atoms. The standard InChI is InChI=1S/C15H26N4/c1-4-18-8-10-19(11-9-18)15-7-5-6-14(17-15)12-16-13(2)3/h5-7,13,16H,4,8-12H2,1-3H3. The number of nitrogens with zero attached hydrogens (tertiary/aromatic N) is 3. The molecular formula is C15H26N4. The number of rotatable bonds is 5. The number of piperazine rings is 1. The Morgan fingerprint density at radius 1 is 1.21 bits per heavy atom. The maximum absolute atomic E-state index is 4.76. The Bertz CT molecular complexity index is 383. The minimum absolute atomic E-state index is 0.499. The van der Waals surface area contributed by atoms with Crippen molar-refractivity contribution in [2.45, 2.75) is 33.4 Å². The zero-order valence-electron chi connectivity index (χ0n) is 12.4. The van der Waals surface area contributed by atoms with E-state index >= 15 is 0 Å². The Morgan fingerprint density at radius 2 is 1.95 bits per heavy atom. The van der Waals surface area contributed by atoms with Gasteiger partial charge in [-0.15, -0.1) is 0 Å². The topological polar surface area (TPSA) is 31.4 Å². The molecule has 4 heteroatoms. The van der Waals surface area contributed by atoms with Crippen LogP contribution in [-0.2, 0) is 6.54 Å². The molecule has 0 saturated carbocycles. The van der Waals surface area contributed by atoms with Gasteiger partial charge in [-0.3, -0.25) is 0 Å². The summed E-state index contributed by atoms with van der Waals surface area (Å²) < 4.78 is 0. The van der Waals surface area contributed by atoms with E-state index in [1.807, 2.05) is 0 Å². The van der Waals surface area contributed by atoms with E-state index in [1.165, 1.54) is 0 Å². The van der Waals surface area contributed by atoms with Crippen LogP contribution in [0.25, 0.3) is 0 Å². The first-order chi connectivity index (χ1) is 9.19. The lowest BCUT2D eigenvalue weighted by molar-refractivity contribution is 0.270. The van der Waals surface area contributed by atoms with Crippen LogP contribution in [0, 0.1) is 0 Å². The number of hydrogen-bond donors (Lipinski definition) is 1. The van der Waals surface area contributed by atoms with Gasteiger partial charge in [-0.25, -0.2) is 4.98 Å². The van der Waals surface area contributed by atoms with Crippen LogP contribution in [0.15, 0.2) is 18.2 Å². The predicted octanol–water partition coefficient (Wildman–Crippen LogP) is 1.72. The summed E-state index contributed by atoms with van der Waals surface area (Å²) in [5.41, 5.74) is 1.13. The third kappa shape index (κ3) is 4.18. The summed E-state index contributed by atoms with van der Waals surface area (Å²) >= 11 is 0.